The maximum atomic E-state index is 10.8. The zero-order valence-electron chi connectivity index (χ0n) is 15.4. The van der Waals surface area contributed by atoms with Gasteiger partial charge in [-0.1, -0.05) is 12.1 Å². The number of nitrogens with one attached hydrogen (secondary N) is 2. The van der Waals surface area contributed by atoms with E-state index in [-0.39, 0.29) is 5.54 Å². The fourth-order valence-electron chi connectivity index (χ4n) is 2.33. The Labute approximate surface area is 167 Å². The number of carbonyl (C=O) groups excluding carboxylic acids is 1. The van der Waals surface area contributed by atoms with Crippen LogP contribution in [0.1, 0.15) is 20.8 Å². The summed E-state index contributed by atoms with van der Waals surface area (Å²) in [7, 11) is 0. The standard InChI is InChI=1S/C20H22N4OS2/c1-20(2,3)24-27-17-10-15(23-12-25)8-9-16(17)19-22-11-18(26-19)13-4-6-14(21)7-5-13/h4-12,24H,21H2,1-3H3,(H,23,25). The van der Waals surface area contributed by atoms with Crippen molar-refractivity contribution in [3.63, 3.8) is 0 Å². The first-order valence-corrected chi connectivity index (χ1v) is 10.1. The Morgan fingerprint density at radius 1 is 1.15 bits per heavy atom. The zero-order valence-corrected chi connectivity index (χ0v) is 17.1. The van der Waals surface area contributed by atoms with E-state index in [1.54, 1.807) is 23.3 Å². The highest BCUT2D eigenvalue weighted by molar-refractivity contribution is 7.97. The molecule has 0 atom stereocenters. The lowest BCUT2D eigenvalue weighted by molar-refractivity contribution is -0.105. The van der Waals surface area contributed by atoms with Gasteiger partial charge in [-0.2, -0.15) is 0 Å². The third-order valence-electron chi connectivity index (χ3n) is 3.61. The molecule has 1 amide bonds. The number of hydrogen-bond donors (Lipinski definition) is 3. The van der Waals surface area contributed by atoms with Crippen molar-refractivity contribution in [3.8, 4) is 21.0 Å². The van der Waals surface area contributed by atoms with E-state index < -0.39 is 0 Å². The molecule has 0 aliphatic rings. The summed E-state index contributed by atoms with van der Waals surface area (Å²) >= 11 is 3.17. The molecule has 0 radical (unpaired) electrons. The van der Waals surface area contributed by atoms with Crippen molar-refractivity contribution >= 4 is 41.1 Å². The first-order valence-electron chi connectivity index (χ1n) is 8.46. The number of anilines is 2. The number of amides is 1. The molecule has 27 heavy (non-hydrogen) atoms. The summed E-state index contributed by atoms with van der Waals surface area (Å²) in [5, 5.41) is 3.64. The van der Waals surface area contributed by atoms with Gasteiger partial charge in [0, 0.05) is 33.6 Å². The number of nitrogens with zero attached hydrogens (tertiary/aromatic N) is 1. The van der Waals surface area contributed by atoms with E-state index in [1.165, 1.54) is 0 Å². The third kappa shape index (κ3) is 5.09. The van der Waals surface area contributed by atoms with Crippen molar-refractivity contribution in [3.05, 3.63) is 48.7 Å². The average molecular weight is 399 g/mol. The number of nitrogens with two attached hydrogens (primary N) is 1. The first-order chi connectivity index (χ1) is 12.9. The minimum Gasteiger partial charge on any atom is -0.399 e. The second-order valence-corrected chi connectivity index (χ2v) is 8.96. The van der Waals surface area contributed by atoms with Crippen LogP contribution in [0.4, 0.5) is 11.4 Å². The van der Waals surface area contributed by atoms with Crippen LogP contribution < -0.4 is 15.8 Å². The van der Waals surface area contributed by atoms with E-state index in [0.717, 1.165) is 37.3 Å². The van der Waals surface area contributed by atoms with Gasteiger partial charge in [-0.15, -0.1) is 11.3 Å². The molecule has 1 heterocycles. The van der Waals surface area contributed by atoms with Gasteiger partial charge in [-0.05, 0) is 68.6 Å². The minimum atomic E-state index is -0.0476. The van der Waals surface area contributed by atoms with Crippen LogP contribution in [-0.4, -0.2) is 16.9 Å². The van der Waals surface area contributed by atoms with E-state index in [0.29, 0.717) is 6.41 Å². The lowest BCUT2D eigenvalue weighted by atomic mass is 10.1. The molecule has 5 nitrogen and oxygen atoms in total. The SMILES string of the molecule is CC(C)(C)NSc1cc(NC=O)ccc1-c1ncc(-c2ccc(N)cc2)s1. The third-order valence-corrected chi connectivity index (χ3v) is 5.96. The largest absolute Gasteiger partial charge is 0.399 e. The van der Waals surface area contributed by atoms with Gasteiger partial charge < -0.3 is 11.1 Å². The van der Waals surface area contributed by atoms with E-state index in [1.807, 2.05) is 48.7 Å². The molecular weight excluding hydrogens is 376 g/mol. The Morgan fingerprint density at radius 2 is 1.89 bits per heavy atom. The van der Waals surface area contributed by atoms with Crippen molar-refractivity contribution in [1.29, 1.82) is 0 Å². The Morgan fingerprint density at radius 3 is 2.56 bits per heavy atom. The molecule has 0 aliphatic carbocycles. The Hall–Kier alpha value is -2.35. The van der Waals surface area contributed by atoms with Crippen LogP contribution in [0.15, 0.2) is 53.6 Å². The molecule has 7 heteroatoms. The summed E-state index contributed by atoms with van der Waals surface area (Å²) in [5.41, 5.74) is 9.34. The van der Waals surface area contributed by atoms with Crippen LogP contribution in [0.2, 0.25) is 0 Å². The van der Waals surface area contributed by atoms with Crippen molar-refractivity contribution in [2.24, 2.45) is 0 Å². The van der Waals surface area contributed by atoms with Crippen molar-refractivity contribution < 1.29 is 4.79 Å². The maximum Gasteiger partial charge on any atom is 0.211 e. The average Bonchev–Trinajstić information content (AvgIpc) is 3.10. The predicted octanol–water partition coefficient (Wildman–Crippen LogP) is 5.02. The number of benzene rings is 2. The molecule has 0 aliphatic heterocycles. The molecule has 0 saturated carbocycles. The number of thiazole rings is 1. The molecule has 1 aromatic heterocycles. The van der Waals surface area contributed by atoms with Gasteiger partial charge in [0.2, 0.25) is 6.41 Å². The summed E-state index contributed by atoms with van der Waals surface area (Å²) < 4.78 is 3.43. The molecule has 0 spiro atoms. The number of rotatable bonds is 6. The highest BCUT2D eigenvalue weighted by atomic mass is 32.2. The normalized spacial score (nSPS) is 11.4. The fraction of sp³-hybridized carbons (Fsp3) is 0.200. The summed E-state index contributed by atoms with van der Waals surface area (Å²) in [6.45, 7) is 6.32. The van der Waals surface area contributed by atoms with E-state index in [2.05, 4.69) is 35.8 Å². The second-order valence-electron chi connectivity index (χ2n) is 7.08. The van der Waals surface area contributed by atoms with E-state index in [9.17, 15) is 4.79 Å². The van der Waals surface area contributed by atoms with Gasteiger partial charge >= 0.3 is 0 Å². The first kappa shape index (κ1) is 19.4. The molecular formula is C20H22N4OS2. The number of aromatic nitrogens is 1. The zero-order chi connectivity index (χ0) is 19.4. The quantitative estimate of drug-likeness (QED) is 0.308. The summed E-state index contributed by atoms with van der Waals surface area (Å²) in [6.07, 6.45) is 2.57. The van der Waals surface area contributed by atoms with E-state index in [4.69, 9.17) is 5.73 Å². The molecule has 0 fully saturated rings. The van der Waals surface area contributed by atoms with Gasteiger partial charge in [0.05, 0.1) is 4.88 Å². The molecule has 2 aromatic carbocycles. The van der Waals surface area contributed by atoms with Gasteiger partial charge in [-0.25, -0.2) is 4.98 Å². The van der Waals surface area contributed by atoms with Crippen molar-refractivity contribution in [2.45, 2.75) is 31.2 Å². The highest BCUT2D eigenvalue weighted by Crippen LogP contribution is 2.38. The molecule has 3 aromatic rings. The highest BCUT2D eigenvalue weighted by Gasteiger charge is 2.15. The van der Waals surface area contributed by atoms with Crippen molar-refractivity contribution in [1.82, 2.24) is 9.71 Å². The van der Waals surface area contributed by atoms with E-state index >= 15 is 0 Å². The van der Waals surface area contributed by atoms with Crippen LogP contribution in [0.3, 0.4) is 0 Å². The second kappa shape index (κ2) is 8.12. The van der Waals surface area contributed by atoms with Crippen LogP contribution in [-0.2, 0) is 4.79 Å². The van der Waals surface area contributed by atoms with Crippen LogP contribution >= 0.6 is 23.3 Å². The smallest absolute Gasteiger partial charge is 0.211 e. The lowest BCUT2D eigenvalue weighted by Gasteiger charge is -2.20. The monoisotopic (exact) mass is 398 g/mol. The number of hydrogen-bond acceptors (Lipinski definition) is 6. The van der Waals surface area contributed by atoms with Crippen molar-refractivity contribution in [2.75, 3.05) is 11.1 Å². The maximum absolute atomic E-state index is 10.8. The lowest BCUT2D eigenvalue weighted by Crippen LogP contribution is -2.29. The van der Waals surface area contributed by atoms with Gasteiger partial charge in [-0.3, -0.25) is 9.52 Å². The number of carbonyl (C=O) groups is 1. The molecule has 3 rings (SSSR count). The Bertz CT molecular complexity index is 930. The predicted molar refractivity (Wildman–Crippen MR) is 116 cm³/mol. The minimum absolute atomic E-state index is 0.0476. The fourth-order valence-corrected chi connectivity index (χ4v) is 4.23. The van der Waals surface area contributed by atoms with Crippen LogP contribution in [0.25, 0.3) is 21.0 Å². The summed E-state index contributed by atoms with van der Waals surface area (Å²) in [6, 6.07) is 13.6. The topological polar surface area (TPSA) is 80.0 Å². The summed E-state index contributed by atoms with van der Waals surface area (Å²) in [5.74, 6) is 0. The molecule has 4 N–H and O–H groups in total. The van der Waals surface area contributed by atoms with Gasteiger partial charge in [0.1, 0.15) is 5.01 Å². The van der Waals surface area contributed by atoms with Gasteiger partial charge in [0.15, 0.2) is 0 Å². The molecule has 0 saturated heterocycles. The van der Waals surface area contributed by atoms with Crippen LogP contribution in [0.5, 0.6) is 0 Å². The van der Waals surface area contributed by atoms with Gasteiger partial charge in [0.25, 0.3) is 0 Å². The number of nitrogen functional groups attached to an aromatic ring is 1. The summed E-state index contributed by atoms with van der Waals surface area (Å²) in [4.78, 5) is 17.5. The van der Waals surface area contributed by atoms with Crippen LogP contribution in [0, 0.1) is 0 Å². The Kier molecular flexibility index (Phi) is 5.84. The molecule has 140 valence electrons. The Balaban J connectivity index is 1.95. The molecule has 0 bridgehead atoms. The molecule has 0 unspecified atom stereocenters.